The average molecular weight is 327 g/mol. The second-order valence-corrected chi connectivity index (χ2v) is 4.43. The molecule has 1 aliphatic rings. The Bertz CT molecular complexity index is 126. The number of hydrogen-bond acceptors (Lipinski definition) is 1. The van der Waals surface area contributed by atoms with Gasteiger partial charge in [0.1, 0.15) is 0 Å². The van der Waals surface area contributed by atoms with E-state index in [9.17, 15) is 0 Å². The molecule has 0 aliphatic carbocycles. The van der Waals surface area contributed by atoms with Gasteiger partial charge < -0.3 is 5.32 Å². The first-order valence-electron chi connectivity index (χ1n) is 6.22. The summed E-state index contributed by atoms with van der Waals surface area (Å²) >= 11 is 2.15. The predicted molar refractivity (Wildman–Crippen MR) is 80.9 cm³/mol. The summed E-state index contributed by atoms with van der Waals surface area (Å²) < 4.78 is 0. The molecule has 0 aromatic heterocycles. The normalized spacial score (nSPS) is 29.8. The van der Waals surface area contributed by atoms with Crippen LogP contribution < -0.4 is 5.32 Å². The van der Waals surface area contributed by atoms with Gasteiger partial charge in [-0.3, -0.25) is 0 Å². The molecule has 1 heterocycles. The number of hydrogen-bond donors (Lipinski definition) is 1. The number of halogens is 1. The lowest BCUT2D eigenvalue weighted by Gasteiger charge is -2.36. The molecule has 15 heavy (non-hydrogen) atoms. The number of alkyl halides is 1. The van der Waals surface area contributed by atoms with Crippen molar-refractivity contribution in [3.8, 4) is 0 Å². The van der Waals surface area contributed by atoms with Crippen LogP contribution in [0.2, 0.25) is 0 Å². The SMILES string of the molecule is CC.CC1CC(C(C)C)C(C)CN1.CI. The first-order valence-corrected chi connectivity index (χ1v) is 8.38. The van der Waals surface area contributed by atoms with Gasteiger partial charge in [0.15, 0.2) is 0 Å². The maximum Gasteiger partial charge on any atom is 0.00416 e. The maximum atomic E-state index is 3.52. The molecule has 2 heteroatoms. The third-order valence-corrected chi connectivity index (χ3v) is 3.00. The van der Waals surface area contributed by atoms with Crippen LogP contribution in [0.3, 0.4) is 0 Å². The Morgan fingerprint density at radius 1 is 1.13 bits per heavy atom. The number of piperidine rings is 1. The van der Waals surface area contributed by atoms with Crippen LogP contribution in [0.4, 0.5) is 0 Å². The molecule has 1 fully saturated rings. The van der Waals surface area contributed by atoms with E-state index in [0.29, 0.717) is 0 Å². The zero-order chi connectivity index (χ0) is 12.4. The van der Waals surface area contributed by atoms with Crippen LogP contribution in [-0.4, -0.2) is 17.5 Å². The summed E-state index contributed by atoms with van der Waals surface area (Å²) in [7, 11) is 0. The zero-order valence-corrected chi connectivity index (χ0v) is 13.8. The van der Waals surface area contributed by atoms with Crippen LogP contribution in [0.25, 0.3) is 0 Å². The van der Waals surface area contributed by atoms with Gasteiger partial charge in [0, 0.05) is 6.04 Å². The minimum absolute atomic E-state index is 0.735. The molecule has 0 radical (unpaired) electrons. The summed E-state index contributed by atoms with van der Waals surface area (Å²) in [5.74, 6) is 2.66. The molecule has 0 aromatic carbocycles. The fourth-order valence-corrected chi connectivity index (χ4v) is 2.19. The van der Waals surface area contributed by atoms with Gasteiger partial charge in [-0.1, -0.05) is 57.2 Å². The highest BCUT2D eigenvalue weighted by atomic mass is 127. The van der Waals surface area contributed by atoms with E-state index >= 15 is 0 Å². The van der Waals surface area contributed by atoms with Crippen molar-refractivity contribution in [3.63, 3.8) is 0 Å². The Hall–Kier alpha value is 0.690. The Balaban J connectivity index is 0. The Morgan fingerprint density at radius 3 is 1.93 bits per heavy atom. The van der Waals surface area contributed by atoms with E-state index in [1.807, 2.05) is 18.8 Å². The van der Waals surface area contributed by atoms with Crippen LogP contribution in [-0.2, 0) is 0 Å². The molecular formula is C13H30IN. The lowest BCUT2D eigenvalue weighted by Crippen LogP contribution is -2.42. The zero-order valence-electron chi connectivity index (χ0n) is 11.6. The molecule has 0 saturated carbocycles. The van der Waals surface area contributed by atoms with Crippen LogP contribution in [0.5, 0.6) is 0 Å². The highest BCUT2D eigenvalue weighted by Gasteiger charge is 2.26. The Labute approximate surface area is 111 Å². The predicted octanol–water partition coefficient (Wildman–Crippen LogP) is 4.35. The molecule has 0 bridgehead atoms. The van der Waals surface area contributed by atoms with Gasteiger partial charge in [0.2, 0.25) is 0 Å². The minimum Gasteiger partial charge on any atom is -0.314 e. The van der Waals surface area contributed by atoms with Gasteiger partial charge in [-0.05, 0) is 42.6 Å². The van der Waals surface area contributed by atoms with Crippen molar-refractivity contribution in [2.45, 2.75) is 54.0 Å². The molecule has 1 N–H and O–H groups in total. The standard InChI is InChI=1S/C10H21N.C2H6.CH3I/c1-7(2)10-5-9(4)11-6-8(10)3;2*1-2/h7-11H,5-6H2,1-4H3;1-2H3;1H3. The van der Waals surface area contributed by atoms with Gasteiger partial charge in [-0.2, -0.15) is 0 Å². The highest BCUT2D eigenvalue weighted by Crippen LogP contribution is 2.28. The number of nitrogens with one attached hydrogen (secondary N) is 1. The third kappa shape index (κ3) is 7.56. The number of rotatable bonds is 1. The lowest BCUT2D eigenvalue weighted by molar-refractivity contribution is 0.179. The van der Waals surface area contributed by atoms with E-state index in [2.05, 4.69) is 55.6 Å². The monoisotopic (exact) mass is 327 g/mol. The molecule has 1 nitrogen and oxygen atoms in total. The molecule has 0 aromatic rings. The molecule has 1 rings (SSSR count). The molecule has 3 unspecified atom stereocenters. The first-order chi connectivity index (χ1) is 7.11. The summed E-state index contributed by atoms with van der Waals surface area (Å²) in [5.41, 5.74) is 0. The van der Waals surface area contributed by atoms with Crippen LogP contribution in [0, 0.1) is 17.8 Å². The smallest absolute Gasteiger partial charge is 0.00416 e. The molecule has 94 valence electrons. The highest BCUT2D eigenvalue weighted by molar-refractivity contribution is 14.1. The van der Waals surface area contributed by atoms with Crippen molar-refractivity contribution in [2.75, 3.05) is 11.5 Å². The summed E-state index contributed by atoms with van der Waals surface area (Å²) in [6.45, 7) is 14.6. The summed E-state index contributed by atoms with van der Waals surface area (Å²) in [6, 6.07) is 0.735. The van der Waals surface area contributed by atoms with Crippen molar-refractivity contribution in [1.29, 1.82) is 0 Å². The minimum atomic E-state index is 0.735. The molecule has 1 aliphatic heterocycles. The van der Waals surface area contributed by atoms with E-state index in [-0.39, 0.29) is 0 Å². The summed E-state index contributed by atoms with van der Waals surface area (Å²) in [4.78, 5) is 1.97. The molecule has 0 amide bonds. The molecule has 0 spiro atoms. The van der Waals surface area contributed by atoms with Crippen LogP contribution >= 0.6 is 22.6 Å². The van der Waals surface area contributed by atoms with Gasteiger partial charge in [-0.15, -0.1) is 0 Å². The Morgan fingerprint density at radius 2 is 1.60 bits per heavy atom. The van der Waals surface area contributed by atoms with E-state index in [0.717, 1.165) is 23.8 Å². The second kappa shape index (κ2) is 11.2. The topological polar surface area (TPSA) is 12.0 Å². The largest absolute Gasteiger partial charge is 0.314 e. The van der Waals surface area contributed by atoms with E-state index in [1.165, 1.54) is 13.0 Å². The second-order valence-electron chi connectivity index (χ2n) is 4.43. The lowest BCUT2D eigenvalue weighted by atomic mass is 9.77. The maximum absolute atomic E-state index is 3.52. The quantitative estimate of drug-likeness (QED) is 0.557. The van der Waals surface area contributed by atoms with Gasteiger partial charge in [0.05, 0.1) is 0 Å². The average Bonchev–Trinajstić information content (AvgIpc) is 2.27. The summed E-state index contributed by atoms with van der Waals surface area (Å²) in [5, 5.41) is 3.52. The Kier molecular flexibility index (Phi) is 13.5. The van der Waals surface area contributed by atoms with E-state index < -0.39 is 0 Å². The van der Waals surface area contributed by atoms with Crippen LogP contribution in [0.1, 0.15) is 48.0 Å². The molecular weight excluding hydrogens is 297 g/mol. The van der Waals surface area contributed by atoms with Crippen molar-refractivity contribution in [2.24, 2.45) is 17.8 Å². The van der Waals surface area contributed by atoms with Crippen molar-refractivity contribution >= 4 is 22.6 Å². The van der Waals surface area contributed by atoms with Crippen molar-refractivity contribution < 1.29 is 0 Å². The fourth-order valence-electron chi connectivity index (χ4n) is 2.19. The molecule has 1 saturated heterocycles. The van der Waals surface area contributed by atoms with Crippen molar-refractivity contribution in [1.82, 2.24) is 5.32 Å². The van der Waals surface area contributed by atoms with Gasteiger partial charge >= 0.3 is 0 Å². The van der Waals surface area contributed by atoms with E-state index in [4.69, 9.17) is 0 Å². The third-order valence-electron chi connectivity index (χ3n) is 3.00. The van der Waals surface area contributed by atoms with Gasteiger partial charge in [-0.25, -0.2) is 0 Å². The molecule has 3 atom stereocenters. The van der Waals surface area contributed by atoms with Crippen molar-refractivity contribution in [3.05, 3.63) is 0 Å². The van der Waals surface area contributed by atoms with Gasteiger partial charge in [0.25, 0.3) is 0 Å². The van der Waals surface area contributed by atoms with E-state index in [1.54, 1.807) is 0 Å². The first kappa shape index (κ1) is 18.1. The van der Waals surface area contributed by atoms with Crippen LogP contribution in [0.15, 0.2) is 0 Å². The summed E-state index contributed by atoms with van der Waals surface area (Å²) in [6.07, 6.45) is 1.36. The fraction of sp³-hybridized carbons (Fsp3) is 1.00.